The lowest BCUT2D eigenvalue weighted by atomic mass is 9.98. The molecule has 0 fully saturated rings. The molecule has 0 bridgehead atoms. The summed E-state index contributed by atoms with van der Waals surface area (Å²) >= 11 is 0. The molecule has 15 N–H and O–H groups in total. The standard InChI is InChI=1S/C34H56N10O9/c1-18(2)13-22(29(48)40-21(11-8-12-39-34(37)38)28(47)44-25(33(52)53)16-27(36)46)41-30(49)23(14-19(3)4)42-31(50)24(43-32(51)26(45)17-35)15-20-9-6-5-7-10-20/h5-7,9-10,18-19,21-26,45H,8,11-17,35H2,1-4H3,(H2,36,46)(H,40,48)(H,41,49)(H,42,50)(H,43,51)(H,44,47)(H,52,53)(H4,37,38,39). The molecule has 6 unspecified atom stereocenters. The van der Waals surface area contributed by atoms with Crippen LogP contribution in [0.2, 0.25) is 0 Å². The van der Waals surface area contributed by atoms with Crippen LogP contribution in [-0.4, -0.2) is 107 Å². The van der Waals surface area contributed by atoms with E-state index in [0.29, 0.717) is 5.56 Å². The minimum Gasteiger partial charge on any atom is -0.480 e. The van der Waals surface area contributed by atoms with E-state index in [4.69, 9.17) is 22.9 Å². The molecule has 0 aliphatic rings. The highest BCUT2D eigenvalue weighted by atomic mass is 16.4. The molecule has 0 aliphatic heterocycles. The summed E-state index contributed by atoms with van der Waals surface area (Å²) in [6, 6.07) is 2.16. The number of aliphatic hydroxyl groups excluding tert-OH is 1. The number of carbonyl (C=O) groups excluding carboxylic acids is 6. The highest BCUT2D eigenvalue weighted by Crippen LogP contribution is 2.12. The van der Waals surface area contributed by atoms with Crippen molar-refractivity contribution >= 4 is 47.4 Å². The first kappa shape index (κ1) is 45.7. The molecule has 0 heterocycles. The number of hydrogen-bond acceptors (Lipinski definition) is 10. The topological polar surface area (TPSA) is 337 Å². The van der Waals surface area contributed by atoms with Crippen LogP contribution in [0.4, 0.5) is 0 Å². The second-order valence-corrected chi connectivity index (χ2v) is 13.5. The van der Waals surface area contributed by atoms with Gasteiger partial charge in [-0.05, 0) is 43.1 Å². The first-order valence-electron chi connectivity index (χ1n) is 17.3. The Morgan fingerprint density at radius 2 is 1.13 bits per heavy atom. The van der Waals surface area contributed by atoms with E-state index in [1.807, 2.05) is 13.8 Å². The number of carboxylic acids is 1. The van der Waals surface area contributed by atoms with Gasteiger partial charge in [0.25, 0.3) is 5.91 Å². The second kappa shape index (κ2) is 23.3. The minimum absolute atomic E-state index is 0.0267. The van der Waals surface area contributed by atoms with Gasteiger partial charge in [0.1, 0.15) is 36.3 Å². The summed E-state index contributed by atoms with van der Waals surface area (Å²) < 4.78 is 0. The van der Waals surface area contributed by atoms with E-state index in [0.717, 1.165) is 0 Å². The number of rotatable bonds is 24. The monoisotopic (exact) mass is 748 g/mol. The molecule has 1 aromatic carbocycles. The number of benzene rings is 1. The van der Waals surface area contributed by atoms with Crippen LogP contribution in [0.1, 0.15) is 65.4 Å². The number of guanidine groups is 1. The van der Waals surface area contributed by atoms with Gasteiger partial charge in [0.2, 0.25) is 29.5 Å². The van der Waals surface area contributed by atoms with Crippen LogP contribution in [0.5, 0.6) is 0 Å². The van der Waals surface area contributed by atoms with Gasteiger partial charge in [-0.15, -0.1) is 0 Å². The van der Waals surface area contributed by atoms with Crippen molar-refractivity contribution in [3.8, 4) is 0 Å². The van der Waals surface area contributed by atoms with E-state index in [2.05, 4.69) is 31.6 Å². The molecule has 53 heavy (non-hydrogen) atoms. The van der Waals surface area contributed by atoms with Crippen molar-refractivity contribution in [2.45, 2.75) is 103 Å². The van der Waals surface area contributed by atoms with Crippen molar-refractivity contribution in [3.05, 3.63) is 35.9 Å². The first-order chi connectivity index (χ1) is 24.8. The number of carboxylic acid groups (broad SMARTS) is 1. The molecule has 0 aromatic heterocycles. The second-order valence-electron chi connectivity index (χ2n) is 13.5. The maximum Gasteiger partial charge on any atom is 0.326 e. The number of nitrogens with two attached hydrogens (primary N) is 4. The largest absolute Gasteiger partial charge is 0.480 e. The lowest BCUT2D eigenvalue weighted by Gasteiger charge is -2.28. The predicted molar refractivity (Wildman–Crippen MR) is 195 cm³/mol. The fourth-order valence-electron chi connectivity index (χ4n) is 5.10. The smallest absolute Gasteiger partial charge is 0.326 e. The number of nitrogens with zero attached hydrogens (tertiary/aromatic N) is 1. The maximum absolute atomic E-state index is 13.8. The molecule has 0 saturated heterocycles. The summed E-state index contributed by atoms with van der Waals surface area (Å²) in [5.74, 6) is -6.99. The number of primary amides is 1. The zero-order valence-corrected chi connectivity index (χ0v) is 30.7. The zero-order valence-electron chi connectivity index (χ0n) is 30.7. The molecule has 0 aliphatic carbocycles. The average Bonchev–Trinajstić information content (AvgIpc) is 3.07. The van der Waals surface area contributed by atoms with Gasteiger partial charge in [0.05, 0.1) is 6.42 Å². The van der Waals surface area contributed by atoms with Crippen LogP contribution in [0.15, 0.2) is 35.3 Å². The number of aliphatic hydroxyl groups is 1. The number of nitrogens with one attached hydrogen (secondary N) is 5. The van der Waals surface area contributed by atoms with Crippen LogP contribution >= 0.6 is 0 Å². The average molecular weight is 749 g/mol. The van der Waals surface area contributed by atoms with Crippen molar-refractivity contribution in [1.29, 1.82) is 0 Å². The highest BCUT2D eigenvalue weighted by Gasteiger charge is 2.33. The van der Waals surface area contributed by atoms with Crippen LogP contribution < -0.4 is 49.5 Å². The van der Waals surface area contributed by atoms with Crippen LogP contribution in [0.25, 0.3) is 0 Å². The Morgan fingerprint density at radius 3 is 1.58 bits per heavy atom. The molecule has 1 rings (SSSR count). The number of amides is 6. The van der Waals surface area contributed by atoms with Gasteiger partial charge in [0.15, 0.2) is 5.96 Å². The van der Waals surface area contributed by atoms with Gasteiger partial charge in [-0.3, -0.25) is 33.8 Å². The van der Waals surface area contributed by atoms with Crippen molar-refractivity contribution in [2.75, 3.05) is 13.1 Å². The molecule has 6 atom stereocenters. The van der Waals surface area contributed by atoms with Crippen LogP contribution in [0, 0.1) is 11.8 Å². The van der Waals surface area contributed by atoms with E-state index in [1.165, 1.54) is 0 Å². The minimum atomic E-state index is -1.67. The van der Waals surface area contributed by atoms with E-state index in [9.17, 15) is 43.8 Å². The Hall–Kier alpha value is -5.30. The summed E-state index contributed by atoms with van der Waals surface area (Å²) in [6.07, 6.45) is -1.88. The molecule has 0 radical (unpaired) electrons. The summed E-state index contributed by atoms with van der Waals surface area (Å²) in [5.41, 5.74) is 22.0. The third kappa shape index (κ3) is 18.2. The highest BCUT2D eigenvalue weighted by molar-refractivity contribution is 5.96. The molecule has 6 amide bonds. The first-order valence-corrected chi connectivity index (χ1v) is 17.3. The number of aliphatic imine (C=N–C) groups is 1. The molecule has 296 valence electrons. The molecule has 19 nitrogen and oxygen atoms in total. The fourth-order valence-corrected chi connectivity index (χ4v) is 5.10. The van der Waals surface area contributed by atoms with Gasteiger partial charge < -0.3 is 59.7 Å². The van der Waals surface area contributed by atoms with Crippen molar-refractivity contribution in [3.63, 3.8) is 0 Å². The van der Waals surface area contributed by atoms with Gasteiger partial charge in [-0.1, -0.05) is 58.0 Å². The number of hydrogen-bond donors (Lipinski definition) is 11. The van der Waals surface area contributed by atoms with Gasteiger partial charge in [-0.2, -0.15) is 0 Å². The summed E-state index contributed by atoms with van der Waals surface area (Å²) in [6.45, 7) is 6.93. The van der Waals surface area contributed by atoms with Crippen molar-refractivity contribution in [1.82, 2.24) is 26.6 Å². The molecular weight excluding hydrogens is 692 g/mol. The lowest BCUT2D eigenvalue weighted by molar-refractivity contribution is -0.143. The Kier molecular flexibility index (Phi) is 20.1. The fraction of sp³-hybridized carbons (Fsp3) is 0.588. The third-order valence-electron chi connectivity index (χ3n) is 7.72. The van der Waals surface area contributed by atoms with Crippen molar-refractivity contribution in [2.24, 2.45) is 39.8 Å². The molecule has 1 aromatic rings. The molecule has 0 saturated carbocycles. The zero-order chi connectivity index (χ0) is 40.2. The molecule has 19 heteroatoms. The SMILES string of the molecule is CC(C)CC(NC(=O)C(Cc1ccccc1)NC(=O)C(O)CN)C(=O)NC(CC(C)C)C(=O)NC(CCCN=C(N)N)C(=O)NC(CC(N)=O)C(=O)O. The van der Waals surface area contributed by atoms with Gasteiger partial charge in [0, 0.05) is 19.5 Å². The molecular formula is C34H56N10O9. The Labute approximate surface area is 308 Å². The van der Waals surface area contributed by atoms with Gasteiger partial charge >= 0.3 is 5.97 Å². The number of aliphatic carboxylic acids is 1. The summed E-state index contributed by atoms with van der Waals surface area (Å²) in [7, 11) is 0. The Morgan fingerprint density at radius 1 is 0.679 bits per heavy atom. The Bertz CT molecular complexity index is 1420. The van der Waals surface area contributed by atoms with Crippen LogP contribution in [-0.2, 0) is 40.0 Å². The van der Waals surface area contributed by atoms with E-state index < -0.39 is 84.1 Å². The van der Waals surface area contributed by atoms with E-state index >= 15 is 0 Å². The summed E-state index contributed by atoms with van der Waals surface area (Å²) in [4.78, 5) is 93.9. The number of carbonyl (C=O) groups is 7. The quantitative estimate of drug-likeness (QED) is 0.0288. The lowest BCUT2D eigenvalue weighted by Crippen LogP contribution is -2.59. The van der Waals surface area contributed by atoms with E-state index in [-0.39, 0.29) is 63.0 Å². The van der Waals surface area contributed by atoms with Crippen LogP contribution in [0.3, 0.4) is 0 Å². The maximum atomic E-state index is 13.8. The predicted octanol–water partition coefficient (Wildman–Crippen LogP) is -2.92. The normalized spacial score (nSPS) is 14.4. The van der Waals surface area contributed by atoms with E-state index in [1.54, 1.807) is 44.2 Å². The third-order valence-corrected chi connectivity index (χ3v) is 7.72. The van der Waals surface area contributed by atoms with Crippen molar-refractivity contribution < 1.29 is 43.8 Å². The summed E-state index contributed by atoms with van der Waals surface area (Å²) in [5, 5.41) is 32.1. The molecule has 0 spiro atoms. The Balaban J connectivity index is 3.33. The van der Waals surface area contributed by atoms with Gasteiger partial charge in [-0.25, -0.2) is 4.79 Å².